The average molecular weight is 146 g/mol. The summed E-state index contributed by atoms with van der Waals surface area (Å²) in [4.78, 5) is 9.25. The maximum Gasteiger partial charge on any atom is 0.327 e. The maximum absolute atomic E-state index is 9.25. The number of carbonyl (C=O) groups is 1. The zero-order chi connectivity index (χ0) is 7.86. The molecule has 0 aliphatic rings. The van der Waals surface area contributed by atoms with Gasteiger partial charge in [0.05, 0.1) is 0 Å². The standard InChI is InChI=1S/C3H4O2.C3H10Si/c1-2-3(4)5;1-3(2)4/h2H,1H2,(H,4,5);3H,1-2,4H3. The largest absolute Gasteiger partial charge is 0.478 e. The Morgan fingerprint density at radius 1 is 1.78 bits per heavy atom. The number of aliphatic carboxylic acids is 1. The van der Waals surface area contributed by atoms with E-state index < -0.39 is 5.97 Å². The van der Waals surface area contributed by atoms with E-state index in [1.54, 1.807) is 0 Å². The summed E-state index contributed by atoms with van der Waals surface area (Å²) in [6.45, 7) is 7.42. The van der Waals surface area contributed by atoms with Crippen molar-refractivity contribution in [2.45, 2.75) is 19.4 Å². The van der Waals surface area contributed by atoms with Crippen LogP contribution in [0.5, 0.6) is 0 Å². The van der Waals surface area contributed by atoms with Crippen LogP contribution in [-0.4, -0.2) is 21.3 Å². The molecule has 1 N–H and O–H groups in total. The lowest BCUT2D eigenvalue weighted by Gasteiger charge is -1.78. The van der Waals surface area contributed by atoms with Gasteiger partial charge < -0.3 is 5.11 Å². The van der Waals surface area contributed by atoms with E-state index in [0.717, 1.165) is 11.6 Å². The van der Waals surface area contributed by atoms with Crippen molar-refractivity contribution in [1.82, 2.24) is 0 Å². The van der Waals surface area contributed by atoms with Gasteiger partial charge >= 0.3 is 5.97 Å². The van der Waals surface area contributed by atoms with Crippen molar-refractivity contribution in [2.24, 2.45) is 0 Å². The van der Waals surface area contributed by atoms with Crippen molar-refractivity contribution in [2.75, 3.05) is 0 Å². The molecule has 9 heavy (non-hydrogen) atoms. The highest BCUT2D eigenvalue weighted by atomic mass is 28.1. The van der Waals surface area contributed by atoms with Crippen LogP contribution in [0.4, 0.5) is 0 Å². The van der Waals surface area contributed by atoms with E-state index in [9.17, 15) is 4.79 Å². The molecule has 0 aromatic carbocycles. The summed E-state index contributed by atoms with van der Waals surface area (Å²) in [6, 6.07) is 0. The van der Waals surface area contributed by atoms with Gasteiger partial charge in [-0.2, -0.15) is 0 Å². The summed E-state index contributed by atoms with van der Waals surface area (Å²) in [5.41, 5.74) is 0.972. The van der Waals surface area contributed by atoms with Crippen molar-refractivity contribution >= 4 is 16.2 Å². The van der Waals surface area contributed by atoms with Crippen molar-refractivity contribution in [3.05, 3.63) is 12.7 Å². The molecule has 0 unspecified atom stereocenters. The molecule has 0 aromatic heterocycles. The first kappa shape index (κ1) is 11.3. The molecule has 0 heterocycles. The topological polar surface area (TPSA) is 37.3 Å². The first-order valence-corrected chi connectivity index (χ1v) is 4.01. The van der Waals surface area contributed by atoms with Crippen LogP contribution in [-0.2, 0) is 4.79 Å². The van der Waals surface area contributed by atoms with E-state index in [0.29, 0.717) is 0 Å². The van der Waals surface area contributed by atoms with Crippen LogP contribution in [0.2, 0.25) is 5.54 Å². The summed E-state index contributed by atoms with van der Waals surface area (Å²) in [5.74, 6) is -0.981. The predicted molar refractivity (Wildman–Crippen MR) is 42.9 cm³/mol. The van der Waals surface area contributed by atoms with Crippen LogP contribution < -0.4 is 0 Å². The number of carboxylic acids is 1. The molecule has 0 spiro atoms. The monoisotopic (exact) mass is 146 g/mol. The molecule has 0 atom stereocenters. The number of hydrogen-bond acceptors (Lipinski definition) is 1. The van der Waals surface area contributed by atoms with Crippen molar-refractivity contribution in [3.8, 4) is 0 Å². The Bertz CT molecular complexity index is 86.3. The van der Waals surface area contributed by atoms with Gasteiger partial charge in [-0.3, -0.25) is 0 Å². The molecule has 2 nitrogen and oxygen atoms in total. The van der Waals surface area contributed by atoms with Gasteiger partial charge in [0.2, 0.25) is 0 Å². The van der Waals surface area contributed by atoms with Crippen LogP contribution in [0.1, 0.15) is 13.8 Å². The maximum atomic E-state index is 9.25. The molecule has 0 fully saturated rings. The van der Waals surface area contributed by atoms with E-state index in [-0.39, 0.29) is 0 Å². The lowest BCUT2D eigenvalue weighted by molar-refractivity contribution is -0.131. The summed E-state index contributed by atoms with van der Waals surface area (Å²) >= 11 is 0. The van der Waals surface area contributed by atoms with E-state index in [4.69, 9.17) is 5.11 Å². The van der Waals surface area contributed by atoms with Gasteiger partial charge in [-0.05, 0) is 0 Å². The highest BCUT2D eigenvalue weighted by Gasteiger charge is 1.73. The van der Waals surface area contributed by atoms with Gasteiger partial charge in [-0.1, -0.05) is 26.0 Å². The minimum atomic E-state index is -0.981. The van der Waals surface area contributed by atoms with Crippen molar-refractivity contribution in [3.63, 3.8) is 0 Å². The zero-order valence-electron chi connectivity index (χ0n) is 6.22. The highest BCUT2D eigenvalue weighted by molar-refractivity contribution is 6.10. The van der Waals surface area contributed by atoms with Gasteiger partial charge in [0.15, 0.2) is 0 Å². The van der Waals surface area contributed by atoms with Gasteiger partial charge in [0.1, 0.15) is 0 Å². The van der Waals surface area contributed by atoms with Crippen LogP contribution in [0.3, 0.4) is 0 Å². The van der Waals surface area contributed by atoms with Crippen molar-refractivity contribution < 1.29 is 9.90 Å². The fraction of sp³-hybridized carbons (Fsp3) is 0.500. The molecule has 0 aromatic rings. The normalized spacial score (nSPS) is 7.89. The molecule has 0 saturated heterocycles. The number of rotatable bonds is 1. The van der Waals surface area contributed by atoms with E-state index in [2.05, 4.69) is 20.4 Å². The molecular formula is C6H14O2Si. The molecule has 3 heteroatoms. The van der Waals surface area contributed by atoms with Crippen LogP contribution >= 0.6 is 0 Å². The molecule has 0 saturated carbocycles. The third-order valence-corrected chi connectivity index (χ3v) is 0.175. The quantitative estimate of drug-likeness (QED) is 0.430. The van der Waals surface area contributed by atoms with Crippen LogP contribution in [0.15, 0.2) is 12.7 Å². The summed E-state index contributed by atoms with van der Waals surface area (Å²) < 4.78 is 0. The average Bonchev–Trinajstić information content (AvgIpc) is 1.65. The van der Waals surface area contributed by atoms with Gasteiger partial charge in [0.25, 0.3) is 0 Å². The molecule has 0 aliphatic carbocycles. The lowest BCUT2D eigenvalue weighted by Crippen LogP contribution is -1.82. The second-order valence-electron chi connectivity index (χ2n) is 2.27. The second-order valence-corrected chi connectivity index (χ2v) is 4.58. The zero-order valence-corrected chi connectivity index (χ0v) is 8.22. The van der Waals surface area contributed by atoms with E-state index in [1.807, 2.05) is 0 Å². The van der Waals surface area contributed by atoms with Crippen molar-refractivity contribution in [1.29, 1.82) is 0 Å². The van der Waals surface area contributed by atoms with Crippen LogP contribution in [0.25, 0.3) is 0 Å². The Morgan fingerprint density at radius 2 is 1.89 bits per heavy atom. The molecule has 0 radical (unpaired) electrons. The predicted octanol–water partition coefficient (Wildman–Crippen LogP) is 0.437. The molecule has 0 rings (SSSR count). The molecule has 0 amide bonds. The molecule has 0 aliphatic heterocycles. The Morgan fingerprint density at radius 3 is 1.89 bits per heavy atom. The highest BCUT2D eigenvalue weighted by Crippen LogP contribution is 1.84. The minimum Gasteiger partial charge on any atom is -0.478 e. The van der Waals surface area contributed by atoms with Crippen LogP contribution in [0, 0.1) is 0 Å². The first-order chi connectivity index (χ1) is 4.00. The Balaban J connectivity index is 0. The third kappa shape index (κ3) is 107. The fourth-order valence-electron chi connectivity index (χ4n) is 0. The Labute approximate surface area is 59.0 Å². The van der Waals surface area contributed by atoms with Gasteiger partial charge in [0, 0.05) is 16.3 Å². The van der Waals surface area contributed by atoms with E-state index in [1.165, 1.54) is 10.2 Å². The second kappa shape index (κ2) is 7.43. The number of hydrogen-bond donors (Lipinski definition) is 1. The van der Waals surface area contributed by atoms with E-state index >= 15 is 0 Å². The fourth-order valence-corrected chi connectivity index (χ4v) is 0. The Kier molecular flexibility index (Phi) is 9.29. The smallest absolute Gasteiger partial charge is 0.327 e. The third-order valence-electron chi connectivity index (χ3n) is 0.175. The summed E-state index contributed by atoms with van der Waals surface area (Å²) in [6.07, 6.45) is 0.833. The summed E-state index contributed by atoms with van der Waals surface area (Å²) in [5, 5.41) is 7.60. The lowest BCUT2D eigenvalue weighted by atomic mass is 10.6. The van der Waals surface area contributed by atoms with Gasteiger partial charge in [-0.15, -0.1) is 0 Å². The molecule has 54 valence electrons. The molecular weight excluding hydrogens is 132 g/mol. The first-order valence-electron chi connectivity index (χ1n) is 2.86. The minimum absolute atomic E-state index is 0.833. The SMILES string of the molecule is C=CC(=O)O.CC(C)[SiH3]. The number of carboxylic acid groups (broad SMARTS) is 1. The summed E-state index contributed by atoms with van der Waals surface area (Å²) in [7, 11) is 1.35. The van der Waals surface area contributed by atoms with Gasteiger partial charge in [-0.25, -0.2) is 4.79 Å². The Hall–Kier alpha value is -0.573. The molecule has 0 bridgehead atoms.